The Hall–Kier alpha value is -1.42. The maximum atomic E-state index is 10.9. The van der Waals surface area contributed by atoms with Crippen LogP contribution in [0.1, 0.15) is 45.6 Å². The van der Waals surface area contributed by atoms with E-state index in [-0.39, 0.29) is 16.7 Å². The van der Waals surface area contributed by atoms with Crippen molar-refractivity contribution in [3.8, 4) is 0 Å². The average Bonchev–Trinajstić information content (AvgIpc) is 2.40. The fourth-order valence-electron chi connectivity index (χ4n) is 3.41. The van der Waals surface area contributed by atoms with Crippen LogP contribution in [0.5, 0.6) is 0 Å². The second kappa shape index (κ2) is 6.14. The van der Waals surface area contributed by atoms with E-state index in [1.165, 1.54) is 6.42 Å². The predicted octanol–water partition coefficient (Wildman–Crippen LogP) is 3.93. The molecule has 4 nitrogen and oxygen atoms in total. The van der Waals surface area contributed by atoms with Crippen molar-refractivity contribution in [1.29, 1.82) is 0 Å². The van der Waals surface area contributed by atoms with Gasteiger partial charge in [0, 0.05) is 18.2 Å². The minimum atomic E-state index is -0.331. The molecule has 0 aromatic heterocycles. The fourth-order valence-corrected chi connectivity index (χ4v) is 3.41. The first-order chi connectivity index (χ1) is 9.77. The van der Waals surface area contributed by atoms with Crippen molar-refractivity contribution in [1.82, 2.24) is 0 Å². The zero-order valence-corrected chi connectivity index (χ0v) is 13.2. The Bertz CT molecular complexity index is 508. The summed E-state index contributed by atoms with van der Waals surface area (Å²) in [5.41, 5.74) is 7.80. The molecule has 0 heterocycles. The number of nitrogens with two attached hydrogens (primary N) is 1. The maximum absolute atomic E-state index is 10.9. The van der Waals surface area contributed by atoms with Gasteiger partial charge in [0.2, 0.25) is 0 Å². The summed E-state index contributed by atoms with van der Waals surface area (Å²) < 4.78 is 0. The Balaban J connectivity index is 2.10. The van der Waals surface area contributed by atoms with E-state index in [4.69, 9.17) is 5.73 Å². The normalized spacial score (nSPS) is 26.6. The van der Waals surface area contributed by atoms with E-state index in [0.29, 0.717) is 17.3 Å². The van der Waals surface area contributed by atoms with Gasteiger partial charge in [-0.25, -0.2) is 0 Å². The summed E-state index contributed by atoms with van der Waals surface area (Å²) in [6.07, 6.45) is 4.21. The Morgan fingerprint density at radius 1 is 1.33 bits per heavy atom. The quantitative estimate of drug-likeness (QED) is 0.677. The van der Waals surface area contributed by atoms with Crippen molar-refractivity contribution >= 4 is 5.69 Å². The minimum absolute atomic E-state index is 0.171. The molecule has 0 amide bonds. The number of nitro benzene ring substituents is 1. The molecule has 1 aliphatic rings. The van der Waals surface area contributed by atoms with Gasteiger partial charge in [0.05, 0.1) is 4.92 Å². The number of non-ortho nitro benzene ring substituents is 1. The third-order valence-corrected chi connectivity index (χ3v) is 4.89. The topological polar surface area (TPSA) is 69.2 Å². The van der Waals surface area contributed by atoms with E-state index in [0.717, 1.165) is 24.8 Å². The van der Waals surface area contributed by atoms with Crippen LogP contribution in [0, 0.1) is 27.4 Å². The number of hydrogen-bond donors (Lipinski definition) is 1. The third kappa shape index (κ3) is 4.03. The van der Waals surface area contributed by atoms with Crippen LogP contribution in [0.4, 0.5) is 5.69 Å². The van der Waals surface area contributed by atoms with Gasteiger partial charge in [0.15, 0.2) is 0 Å². The van der Waals surface area contributed by atoms with Crippen LogP contribution in [0.3, 0.4) is 0 Å². The van der Waals surface area contributed by atoms with E-state index >= 15 is 0 Å². The first-order valence-corrected chi connectivity index (χ1v) is 7.76. The highest BCUT2D eigenvalue weighted by molar-refractivity contribution is 5.34. The molecule has 1 aromatic carbocycles. The van der Waals surface area contributed by atoms with Crippen molar-refractivity contribution in [2.45, 2.75) is 52.5 Å². The molecular formula is C17H26N2O2. The Morgan fingerprint density at radius 3 is 2.67 bits per heavy atom. The number of rotatable bonds is 3. The van der Waals surface area contributed by atoms with Crippen molar-refractivity contribution in [3.05, 3.63) is 39.9 Å². The number of nitro groups is 1. The zero-order chi connectivity index (χ0) is 15.6. The lowest BCUT2D eigenvalue weighted by atomic mass is 9.66. The van der Waals surface area contributed by atoms with Gasteiger partial charge in [-0.15, -0.1) is 0 Å². The standard InChI is InChI=1S/C17H26N2O2/c1-17(2,3)14-7-8-16(18)13(11-14)9-12-5-4-6-15(10-12)19(20)21/h4-6,10,13-14,16H,7-9,11,18H2,1-3H3. The van der Waals surface area contributed by atoms with Crippen molar-refractivity contribution in [3.63, 3.8) is 0 Å². The van der Waals surface area contributed by atoms with Gasteiger partial charge in [-0.2, -0.15) is 0 Å². The average molecular weight is 290 g/mol. The highest BCUT2D eigenvalue weighted by atomic mass is 16.6. The van der Waals surface area contributed by atoms with Crippen LogP contribution >= 0.6 is 0 Å². The summed E-state index contributed by atoms with van der Waals surface area (Å²) in [5.74, 6) is 1.10. The predicted molar refractivity (Wildman–Crippen MR) is 85.1 cm³/mol. The molecule has 1 aromatic rings. The van der Waals surface area contributed by atoms with Crippen LogP contribution in [-0.4, -0.2) is 11.0 Å². The second-order valence-electron chi connectivity index (χ2n) is 7.43. The van der Waals surface area contributed by atoms with Gasteiger partial charge in [-0.3, -0.25) is 10.1 Å². The van der Waals surface area contributed by atoms with Gasteiger partial charge in [-0.1, -0.05) is 32.9 Å². The largest absolute Gasteiger partial charge is 0.327 e. The summed E-state index contributed by atoms with van der Waals surface area (Å²) in [6, 6.07) is 7.18. The summed E-state index contributed by atoms with van der Waals surface area (Å²) in [7, 11) is 0. The van der Waals surface area contributed by atoms with E-state index in [2.05, 4.69) is 20.8 Å². The molecule has 4 heteroatoms. The first-order valence-electron chi connectivity index (χ1n) is 7.76. The fraction of sp³-hybridized carbons (Fsp3) is 0.647. The molecule has 1 saturated carbocycles. The molecule has 3 unspecified atom stereocenters. The Labute approximate surface area is 126 Å². The lowest BCUT2D eigenvalue weighted by molar-refractivity contribution is -0.384. The van der Waals surface area contributed by atoms with Crippen LogP contribution in [0.15, 0.2) is 24.3 Å². The van der Waals surface area contributed by atoms with Gasteiger partial charge in [-0.05, 0) is 48.5 Å². The SMILES string of the molecule is CC(C)(C)C1CCC(N)C(Cc2cccc([N+](=O)[O-])c2)C1. The van der Waals surface area contributed by atoms with Crippen LogP contribution in [0.25, 0.3) is 0 Å². The van der Waals surface area contributed by atoms with Crippen LogP contribution in [-0.2, 0) is 6.42 Å². The van der Waals surface area contributed by atoms with Gasteiger partial charge in [0.1, 0.15) is 0 Å². The van der Waals surface area contributed by atoms with Crippen LogP contribution in [0.2, 0.25) is 0 Å². The van der Waals surface area contributed by atoms with E-state index < -0.39 is 0 Å². The molecule has 2 rings (SSSR count). The highest BCUT2D eigenvalue weighted by Crippen LogP contribution is 2.40. The number of nitrogens with zero attached hydrogens (tertiary/aromatic N) is 1. The Morgan fingerprint density at radius 2 is 2.05 bits per heavy atom. The summed E-state index contributed by atoms with van der Waals surface area (Å²) in [4.78, 5) is 10.5. The van der Waals surface area contributed by atoms with Gasteiger partial charge in [0.25, 0.3) is 5.69 Å². The summed E-state index contributed by atoms with van der Waals surface area (Å²) in [5, 5.41) is 10.9. The summed E-state index contributed by atoms with van der Waals surface area (Å²) >= 11 is 0. The maximum Gasteiger partial charge on any atom is 0.269 e. The van der Waals surface area contributed by atoms with E-state index in [9.17, 15) is 10.1 Å². The molecule has 2 N–H and O–H groups in total. The minimum Gasteiger partial charge on any atom is -0.327 e. The molecule has 116 valence electrons. The van der Waals surface area contributed by atoms with E-state index in [1.54, 1.807) is 18.2 Å². The molecule has 3 atom stereocenters. The lowest BCUT2D eigenvalue weighted by Gasteiger charge is -2.40. The molecule has 1 aliphatic carbocycles. The molecule has 0 saturated heterocycles. The van der Waals surface area contributed by atoms with E-state index in [1.807, 2.05) is 6.07 Å². The molecule has 0 spiro atoms. The van der Waals surface area contributed by atoms with Crippen molar-refractivity contribution < 1.29 is 4.92 Å². The Kier molecular flexibility index (Phi) is 4.67. The first kappa shape index (κ1) is 16.0. The zero-order valence-electron chi connectivity index (χ0n) is 13.2. The van der Waals surface area contributed by atoms with Crippen molar-refractivity contribution in [2.24, 2.45) is 23.0 Å². The summed E-state index contributed by atoms with van der Waals surface area (Å²) in [6.45, 7) is 6.87. The molecule has 21 heavy (non-hydrogen) atoms. The molecule has 0 bridgehead atoms. The lowest BCUT2D eigenvalue weighted by Crippen LogP contribution is -2.40. The molecule has 0 radical (unpaired) electrons. The second-order valence-corrected chi connectivity index (χ2v) is 7.43. The molecule has 0 aliphatic heterocycles. The highest BCUT2D eigenvalue weighted by Gasteiger charge is 2.34. The smallest absolute Gasteiger partial charge is 0.269 e. The van der Waals surface area contributed by atoms with Gasteiger partial charge < -0.3 is 5.73 Å². The molecule has 1 fully saturated rings. The number of benzene rings is 1. The molecular weight excluding hydrogens is 264 g/mol. The monoisotopic (exact) mass is 290 g/mol. The van der Waals surface area contributed by atoms with Gasteiger partial charge >= 0.3 is 0 Å². The van der Waals surface area contributed by atoms with Crippen molar-refractivity contribution in [2.75, 3.05) is 0 Å². The number of hydrogen-bond acceptors (Lipinski definition) is 3. The van der Waals surface area contributed by atoms with Crippen LogP contribution < -0.4 is 5.73 Å². The third-order valence-electron chi connectivity index (χ3n) is 4.89.